The molecule has 1 aliphatic carbocycles. The van der Waals surface area contributed by atoms with Crippen molar-refractivity contribution in [1.29, 1.82) is 0 Å². The zero-order valence-corrected chi connectivity index (χ0v) is 14.9. The van der Waals surface area contributed by atoms with E-state index in [1.165, 1.54) is 0 Å². The molecular formula is C19H16FN7O. The highest BCUT2D eigenvalue weighted by molar-refractivity contribution is 5.99. The molecule has 2 atom stereocenters. The largest absolute Gasteiger partial charge is 0.383 e. The number of nitrogens with one attached hydrogen (secondary N) is 2. The zero-order valence-electron chi connectivity index (χ0n) is 14.9. The number of halogens is 1. The minimum Gasteiger partial charge on any atom is -0.383 e. The van der Waals surface area contributed by atoms with Gasteiger partial charge in [0.25, 0.3) is 0 Å². The molecule has 0 saturated heterocycles. The van der Waals surface area contributed by atoms with E-state index >= 15 is 0 Å². The molecule has 1 aliphatic rings. The van der Waals surface area contributed by atoms with E-state index in [0.717, 1.165) is 22.0 Å². The molecular weight excluding hydrogens is 361 g/mol. The second kappa shape index (κ2) is 5.95. The lowest BCUT2D eigenvalue weighted by atomic mass is 10.0. The Morgan fingerprint density at radius 3 is 2.89 bits per heavy atom. The van der Waals surface area contributed by atoms with Crippen LogP contribution in [0.2, 0.25) is 0 Å². The quantitative estimate of drug-likeness (QED) is 0.504. The van der Waals surface area contributed by atoms with Crippen LogP contribution in [-0.4, -0.2) is 37.0 Å². The van der Waals surface area contributed by atoms with Gasteiger partial charge in [0.1, 0.15) is 17.8 Å². The summed E-state index contributed by atoms with van der Waals surface area (Å²) in [5, 5.41) is 4.10. The van der Waals surface area contributed by atoms with Gasteiger partial charge in [0.15, 0.2) is 5.65 Å². The number of imidazole rings is 1. The topological polar surface area (TPSA) is 122 Å². The summed E-state index contributed by atoms with van der Waals surface area (Å²) in [6.07, 6.45) is 4.08. The number of H-pyrrole nitrogens is 1. The molecule has 0 radical (unpaired) electrons. The maximum atomic E-state index is 13.1. The Kier molecular flexibility index (Phi) is 3.51. The van der Waals surface area contributed by atoms with Crippen LogP contribution in [0.15, 0.2) is 30.9 Å². The van der Waals surface area contributed by atoms with Gasteiger partial charge in [-0.3, -0.25) is 4.79 Å². The van der Waals surface area contributed by atoms with Crippen LogP contribution in [0.4, 0.5) is 16.0 Å². The van der Waals surface area contributed by atoms with E-state index in [4.69, 9.17) is 5.73 Å². The summed E-state index contributed by atoms with van der Waals surface area (Å²) in [4.78, 5) is 32.2. The lowest BCUT2D eigenvalue weighted by Crippen LogP contribution is -2.15. The summed E-state index contributed by atoms with van der Waals surface area (Å²) in [6, 6.07) is 3.58. The second-order valence-electron chi connectivity index (χ2n) is 6.93. The molecule has 0 bridgehead atoms. The molecule has 4 aromatic heterocycles. The highest BCUT2D eigenvalue weighted by Crippen LogP contribution is 2.35. The van der Waals surface area contributed by atoms with Crippen LogP contribution in [-0.2, 0) is 4.79 Å². The summed E-state index contributed by atoms with van der Waals surface area (Å²) in [7, 11) is 0. The van der Waals surface area contributed by atoms with Gasteiger partial charge in [0, 0.05) is 23.3 Å². The van der Waals surface area contributed by atoms with Gasteiger partial charge in [-0.15, -0.1) is 0 Å². The van der Waals surface area contributed by atoms with Gasteiger partial charge >= 0.3 is 0 Å². The van der Waals surface area contributed by atoms with Crippen LogP contribution >= 0.6 is 0 Å². The molecule has 9 heteroatoms. The van der Waals surface area contributed by atoms with Gasteiger partial charge in [0.05, 0.1) is 23.5 Å². The lowest BCUT2D eigenvalue weighted by Gasteiger charge is -2.10. The molecule has 0 aromatic carbocycles. The van der Waals surface area contributed by atoms with E-state index in [1.54, 1.807) is 24.8 Å². The normalized spacial score (nSPS) is 18.5. The fourth-order valence-electron chi connectivity index (χ4n) is 3.31. The van der Waals surface area contributed by atoms with Crippen LogP contribution in [0.25, 0.3) is 33.2 Å². The van der Waals surface area contributed by atoms with Gasteiger partial charge in [0.2, 0.25) is 5.91 Å². The molecule has 1 saturated carbocycles. The lowest BCUT2D eigenvalue weighted by molar-refractivity contribution is -0.117. The second-order valence-corrected chi connectivity index (χ2v) is 6.93. The van der Waals surface area contributed by atoms with Crippen molar-refractivity contribution in [3.63, 3.8) is 0 Å². The highest BCUT2D eigenvalue weighted by Gasteiger charge is 2.43. The van der Waals surface area contributed by atoms with Gasteiger partial charge in [-0.25, -0.2) is 24.3 Å². The first-order valence-electron chi connectivity index (χ1n) is 8.81. The van der Waals surface area contributed by atoms with Crippen molar-refractivity contribution in [2.24, 2.45) is 5.92 Å². The van der Waals surface area contributed by atoms with E-state index < -0.39 is 12.1 Å². The molecule has 0 aliphatic heterocycles. The monoisotopic (exact) mass is 377 g/mol. The fraction of sp³-hybridized carbons (Fsp3) is 0.211. The Morgan fingerprint density at radius 1 is 1.29 bits per heavy atom. The molecule has 1 amide bonds. The number of alkyl halides is 1. The first kappa shape index (κ1) is 16.5. The van der Waals surface area contributed by atoms with E-state index in [2.05, 4.69) is 30.2 Å². The molecule has 140 valence electrons. The van der Waals surface area contributed by atoms with E-state index in [9.17, 15) is 9.18 Å². The average molecular weight is 377 g/mol. The van der Waals surface area contributed by atoms with Crippen molar-refractivity contribution in [3.8, 4) is 11.3 Å². The average Bonchev–Trinajstić information content (AvgIpc) is 3.21. The zero-order chi connectivity index (χ0) is 19.4. The minimum atomic E-state index is -1.06. The Bertz CT molecular complexity index is 1250. The van der Waals surface area contributed by atoms with Crippen LogP contribution in [0.1, 0.15) is 12.0 Å². The predicted octanol–water partition coefficient (Wildman–Crippen LogP) is 2.76. The predicted molar refractivity (Wildman–Crippen MR) is 103 cm³/mol. The number of anilines is 2. The summed E-state index contributed by atoms with van der Waals surface area (Å²) >= 11 is 0. The number of hydrogen-bond donors (Lipinski definition) is 3. The first-order valence-corrected chi connectivity index (χ1v) is 8.81. The summed E-state index contributed by atoms with van der Waals surface area (Å²) in [6.45, 7) is 1.96. The third kappa shape index (κ3) is 2.63. The number of rotatable bonds is 3. The Labute approximate surface area is 158 Å². The number of hydrogen-bond acceptors (Lipinski definition) is 6. The van der Waals surface area contributed by atoms with Gasteiger partial charge in [-0.1, -0.05) is 0 Å². The first-order chi connectivity index (χ1) is 13.5. The van der Waals surface area contributed by atoms with Crippen LogP contribution in [0, 0.1) is 12.8 Å². The van der Waals surface area contributed by atoms with Crippen molar-refractivity contribution in [1.82, 2.24) is 24.9 Å². The Hall–Kier alpha value is -3.62. The van der Waals surface area contributed by atoms with Crippen molar-refractivity contribution in [2.75, 3.05) is 11.1 Å². The number of aromatic amines is 1. The van der Waals surface area contributed by atoms with Gasteiger partial charge in [-0.05, 0) is 36.4 Å². The maximum absolute atomic E-state index is 13.1. The van der Waals surface area contributed by atoms with Gasteiger partial charge < -0.3 is 16.0 Å². The summed E-state index contributed by atoms with van der Waals surface area (Å²) < 4.78 is 13.1. The van der Waals surface area contributed by atoms with Gasteiger partial charge in [-0.2, -0.15) is 0 Å². The SMILES string of the molecule is Cc1c(-c2cc3cc(NC(=O)[C@@H]4C[C@@H]4F)ncc3c(N)n2)cnc2nc[nH]c12. The van der Waals surface area contributed by atoms with Crippen LogP contribution in [0.3, 0.4) is 0 Å². The number of amides is 1. The number of carbonyl (C=O) groups is 1. The number of nitrogens with zero attached hydrogens (tertiary/aromatic N) is 4. The van der Waals surface area contributed by atoms with Crippen LogP contribution < -0.4 is 11.1 Å². The molecule has 4 aromatic rings. The molecule has 8 nitrogen and oxygen atoms in total. The van der Waals surface area contributed by atoms with E-state index in [1.807, 2.05) is 13.0 Å². The molecule has 5 rings (SSSR count). The number of carbonyl (C=O) groups excluding carboxylic acids is 1. The Morgan fingerprint density at radius 2 is 2.11 bits per heavy atom. The number of aryl methyl sites for hydroxylation is 1. The van der Waals surface area contributed by atoms with Crippen molar-refractivity contribution in [3.05, 3.63) is 36.4 Å². The number of aromatic nitrogens is 5. The number of pyridine rings is 3. The molecule has 0 unspecified atom stereocenters. The number of fused-ring (bicyclic) bond motifs is 2. The summed E-state index contributed by atoms with van der Waals surface area (Å²) in [5.74, 6) is -0.253. The van der Waals surface area contributed by atoms with Crippen molar-refractivity contribution >= 4 is 39.5 Å². The number of nitrogens with two attached hydrogens (primary N) is 1. The van der Waals surface area contributed by atoms with Crippen LogP contribution in [0.5, 0.6) is 0 Å². The number of nitrogen functional groups attached to an aromatic ring is 1. The fourth-order valence-corrected chi connectivity index (χ4v) is 3.31. The van der Waals surface area contributed by atoms with Crippen molar-refractivity contribution in [2.45, 2.75) is 19.5 Å². The molecule has 1 fully saturated rings. The van der Waals surface area contributed by atoms with Crippen molar-refractivity contribution < 1.29 is 9.18 Å². The summed E-state index contributed by atoms with van der Waals surface area (Å²) in [5.41, 5.74) is 10.0. The standard InChI is InChI=1S/C19H16FN7O/c1-8-11(5-23-18-16(8)24-7-25-18)14-2-9-3-15(22-6-12(9)17(21)26-14)27-19(28)10-4-13(10)20/h2-3,5-7,10,13H,4H2,1H3,(H2,21,26)(H,22,27,28)(H,23,24,25)/t10-,13+/m1/s1. The smallest absolute Gasteiger partial charge is 0.231 e. The molecule has 4 N–H and O–H groups in total. The molecule has 0 spiro atoms. The van der Waals surface area contributed by atoms with E-state index in [-0.39, 0.29) is 12.3 Å². The molecule has 28 heavy (non-hydrogen) atoms. The third-order valence-electron chi connectivity index (χ3n) is 5.04. The molecule has 4 heterocycles. The van der Waals surface area contributed by atoms with E-state index in [0.29, 0.717) is 28.4 Å². The third-order valence-corrected chi connectivity index (χ3v) is 5.04. The highest BCUT2D eigenvalue weighted by atomic mass is 19.1. The Balaban J connectivity index is 1.57. The minimum absolute atomic E-state index is 0.267. The maximum Gasteiger partial charge on any atom is 0.231 e.